The Balaban J connectivity index is 1.32. The Morgan fingerprint density at radius 2 is 1.76 bits per heavy atom. The maximum atomic E-state index is 11.9. The highest BCUT2D eigenvalue weighted by Gasteiger charge is 2.26. The number of morpholine rings is 1. The van der Waals surface area contributed by atoms with Gasteiger partial charge >= 0.3 is 0 Å². The van der Waals surface area contributed by atoms with Crippen LogP contribution < -0.4 is 15.2 Å². The Morgan fingerprint density at radius 1 is 1.03 bits per heavy atom. The van der Waals surface area contributed by atoms with Gasteiger partial charge in [-0.1, -0.05) is 23.7 Å². The number of aromatic nitrogens is 3. The van der Waals surface area contributed by atoms with Crippen molar-refractivity contribution in [3.63, 3.8) is 0 Å². The van der Waals surface area contributed by atoms with E-state index in [1.807, 2.05) is 53.6 Å². The normalized spacial score (nSPS) is 17.3. The largest absolute Gasteiger partial charge is 0.378 e. The summed E-state index contributed by atoms with van der Waals surface area (Å²) in [5, 5.41) is 5.17. The van der Waals surface area contributed by atoms with Crippen molar-refractivity contribution >= 4 is 45.4 Å². The summed E-state index contributed by atoms with van der Waals surface area (Å²) < 4.78 is 32.9. The summed E-state index contributed by atoms with van der Waals surface area (Å²) >= 11 is 6.01. The number of anilines is 3. The molecule has 0 amide bonds. The van der Waals surface area contributed by atoms with Crippen molar-refractivity contribution in [2.75, 3.05) is 74.0 Å². The zero-order chi connectivity index (χ0) is 26.5. The van der Waals surface area contributed by atoms with Crippen LogP contribution >= 0.6 is 11.6 Å². The molecule has 1 aromatic carbocycles. The van der Waals surface area contributed by atoms with Gasteiger partial charge in [-0.15, -0.1) is 0 Å². The van der Waals surface area contributed by atoms with E-state index in [1.54, 1.807) is 6.21 Å². The highest BCUT2D eigenvalue weighted by Crippen LogP contribution is 2.23. The van der Waals surface area contributed by atoms with Crippen molar-refractivity contribution < 1.29 is 13.2 Å². The van der Waals surface area contributed by atoms with E-state index < -0.39 is 10.0 Å². The quantitative estimate of drug-likeness (QED) is 0.331. The topological polar surface area (TPSA) is 108 Å². The average molecular weight is 559 g/mol. The van der Waals surface area contributed by atoms with E-state index in [4.69, 9.17) is 26.3 Å². The molecule has 3 aromatic rings. The third-order valence-corrected chi connectivity index (χ3v) is 8.09. The van der Waals surface area contributed by atoms with Crippen LogP contribution in [0.2, 0.25) is 5.02 Å². The van der Waals surface area contributed by atoms with Crippen LogP contribution in [0.3, 0.4) is 0 Å². The number of rotatable bonds is 8. The Bertz CT molecular complexity index is 1370. The van der Waals surface area contributed by atoms with Crippen molar-refractivity contribution in [2.24, 2.45) is 5.10 Å². The maximum Gasteiger partial charge on any atom is 0.229 e. The van der Waals surface area contributed by atoms with Gasteiger partial charge in [-0.05, 0) is 29.8 Å². The molecule has 202 valence electrons. The molecule has 0 spiro atoms. The third-order valence-electron chi connectivity index (χ3n) is 6.53. The summed E-state index contributed by atoms with van der Waals surface area (Å²) in [6.45, 7) is 5.27. The van der Waals surface area contributed by atoms with Crippen molar-refractivity contribution in [1.82, 2.24) is 18.8 Å². The zero-order valence-corrected chi connectivity index (χ0v) is 22.8. The number of ether oxygens (including phenoxy) is 1. The lowest BCUT2D eigenvalue weighted by atomic mass is 10.2. The van der Waals surface area contributed by atoms with Gasteiger partial charge in [-0.2, -0.15) is 19.4 Å². The highest BCUT2D eigenvalue weighted by molar-refractivity contribution is 7.88. The summed E-state index contributed by atoms with van der Waals surface area (Å²) in [5.74, 6) is 1.90. The number of hydrogen-bond acceptors (Lipinski definition) is 9. The van der Waals surface area contributed by atoms with Crippen LogP contribution in [0, 0.1) is 0 Å². The van der Waals surface area contributed by atoms with Gasteiger partial charge < -0.3 is 19.1 Å². The van der Waals surface area contributed by atoms with E-state index in [9.17, 15) is 8.42 Å². The number of piperazine rings is 1. The Labute approximate surface area is 227 Å². The Kier molecular flexibility index (Phi) is 8.12. The predicted molar refractivity (Wildman–Crippen MR) is 150 cm³/mol. The van der Waals surface area contributed by atoms with Gasteiger partial charge in [0.2, 0.25) is 16.0 Å². The van der Waals surface area contributed by atoms with Gasteiger partial charge in [-0.25, -0.2) is 8.42 Å². The van der Waals surface area contributed by atoms with Crippen molar-refractivity contribution in [3.8, 4) is 0 Å². The first-order valence-corrected chi connectivity index (χ1v) is 14.7. The highest BCUT2D eigenvalue weighted by atomic mass is 35.5. The molecule has 13 heteroatoms. The average Bonchev–Trinajstić information content (AvgIpc) is 3.36. The minimum absolute atomic E-state index is 0.398. The number of halogens is 1. The fourth-order valence-corrected chi connectivity index (χ4v) is 5.39. The molecule has 2 aliphatic rings. The minimum Gasteiger partial charge on any atom is -0.378 e. The summed E-state index contributed by atoms with van der Waals surface area (Å²) in [6, 6.07) is 13.6. The standard InChI is InChI=1S/C25H31ClN8O3S/c1-38(35,36)34-11-9-32(10-12-34)25-28-23(17-24(29-25)31-13-15-37-16-14-31)30-27-18-22-3-2-8-33(22)19-20-4-6-21(26)7-5-20/h2-8,17-18H,9-16,19H2,1H3,(H,28,29,30)/b27-18+. The molecule has 2 fully saturated rings. The SMILES string of the molecule is CS(=O)(=O)N1CCN(c2nc(N/N=C/c3cccn3Cc3ccc(Cl)cc3)cc(N3CCOCC3)n2)CC1. The first kappa shape index (κ1) is 26.4. The van der Waals surface area contributed by atoms with E-state index in [0.717, 1.165) is 30.2 Å². The second-order valence-corrected chi connectivity index (χ2v) is 11.6. The number of nitrogens with zero attached hydrogens (tertiary/aromatic N) is 7. The molecular formula is C25H31ClN8O3S. The monoisotopic (exact) mass is 558 g/mol. The number of sulfonamides is 1. The molecule has 2 aromatic heterocycles. The molecule has 38 heavy (non-hydrogen) atoms. The molecule has 0 atom stereocenters. The molecule has 0 saturated carbocycles. The summed E-state index contributed by atoms with van der Waals surface area (Å²) in [4.78, 5) is 13.7. The first-order valence-electron chi connectivity index (χ1n) is 12.5. The summed E-state index contributed by atoms with van der Waals surface area (Å²) in [5.41, 5.74) is 5.15. The van der Waals surface area contributed by atoms with Crippen LogP contribution in [0.5, 0.6) is 0 Å². The van der Waals surface area contributed by atoms with Gasteiger partial charge in [0, 0.05) is 63.1 Å². The fraction of sp³-hybridized carbons (Fsp3) is 0.400. The van der Waals surface area contributed by atoms with Crippen LogP contribution in [-0.4, -0.2) is 92.2 Å². The Morgan fingerprint density at radius 3 is 2.47 bits per heavy atom. The van der Waals surface area contributed by atoms with Crippen LogP contribution in [-0.2, 0) is 21.3 Å². The fourth-order valence-electron chi connectivity index (χ4n) is 4.43. The van der Waals surface area contributed by atoms with E-state index in [1.165, 1.54) is 10.6 Å². The summed E-state index contributed by atoms with van der Waals surface area (Å²) in [6.07, 6.45) is 5.01. The maximum absolute atomic E-state index is 11.9. The van der Waals surface area contributed by atoms with E-state index in [0.29, 0.717) is 62.7 Å². The van der Waals surface area contributed by atoms with Crippen LogP contribution in [0.15, 0.2) is 53.8 Å². The van der Waals surface area contributed by atoms with Crippen molar-refractivity contribution in [3.05, 3.63) is 64.9 Å². The van der Waals surface area contributed by atoms with Crippen LogP contribution in [0.4, 0.5) is 17.6 Å². The van der Waals surface area contributed by atoms with Crippen LogP contribution in [0.25, 0.3) is 0 Å². The Hall–Kier alpha value is -3.19. The molecule has 0 unspecified atom stereocenters. The molecule has 1 N–H and O–H groups in total. The van der Waals surface area contributed by atoms with E-state index >= 15 is 0 Å². The summed E-state index contributed by atoms with van der Waals surface area (Å²) in [7, 11) is -3.22. The lowest BCUT2D eigenvalue weighted by Crippen LogP contribution is -2.49. The molecule has 0 radical (unpaired) electrons. The molecule has 4 heterocycles. The molecule has 5 rings (SSSR count). The third kappa shape index (κ3) is 6.62. The molecule has 2 saturated heterocycles. The smallest absolute Gasteiger partial charge is 0.229 e. The second-order valence-electron chi connectivity index (χ2n) is 9.22. The minimum atomic E-state index is -3.22. The van der Waals surface area contributed by atoms with Gasteiger partial charge in [0.25, 0.3) is 0 Å². The van der Waals surface area contributed by atoms with Gasteiger partial charge in [0.1, 0.15) is 5.82 Å². The van der Waals surface area contributed by atoms with Gasteiger partial charge in [0.15, 0.2) is 5.82 Å². The van der Waals surface area contributed by atoms with Gasteiger partial charge in [-0.3, -0.25) is 5.43 Å². The second kappa shape index (κ2) is 11.7. The van der Waals surface area contributed by atoms with Gasteiger partial charge in [0.05, 0.1) is 31.4 Å². The predicted octanol–water partition coefficient (Wildman–Crippen LogP) is 2.34. The molecule has 0 bridgehead atoms. The molecule has 2 aliphatic heterocycles. The first-order chi connectivity index (χ1) is 18.3. The lowest BCUT2D eigenvalue weighted by Gasteiger charge is -2.34. The lowest BCUT2D eigenvalue weighted by molar-refractivity contribution is 0.122. The number of hydrazone groups is 1. The molecular weight excluding hydrogens is 528 g/mol. The van der Waals surface area contributed by atoms with E-state index in [-0.39, 0.29) is 0 Å². The molecule has 0 aliphatic carbocycles. The van der Waals surface area contributed by atoms with Crippen LogP contribution in [0.1, 0.15) is 11.3 Å². The van der Waals surface area contributed by atoms with Crippen molar-refractivity contribution in [1.29, 1.82) is 0 Å². The zero-order valence-electron chi connectivity index (χ0n) is 21.2. The van der Waals surface area contributed by atoms with Crippen molar-refractivity contribution in [2.45, 2.75) is 6.54 Å². The van der Waals surface area contributed by atoms with E-state index in [2.05, 4.69) is 20.0 Å². The number of nitrogens with one attached hydrogen (secondary N) is 1. The molecule has 11 nitrogen and oxygen atoms in total. The number of benzene rings is 1. The number of hydrogen-bond donors (Lipinski definition) is 1.